The maximum absolute atomic E-state index is 11.3. The zero-order chi connectivity index (χ0) is 12.7. The highest BCUT2D eigenvalue weighted by Crippen LogP contribution is 2.18. The minimum atomic E-state index is -0.276. The van der Waals surface area contributed by atoms with E-state index in [-0.39, 0.29) is 24.2 Å². The largest absolute Gasteiger partial charge is 0.466 e. The average molecular weight is 243 g/mol. The van der Waals surface area contributed by atoms with E-state index in [0.717, 1.165) is 25.7 Å². The van der Waals surface area contributed by atoms with Crippen LogP contribution in [0.1, 0.15) is 52.4 Å². The Balaban J connectivity index is 2.32. The molecule has 0 aromatic rings. The van der Waals surface area contributed by atoms with Crippen LogP contribution in [-0.4, -0.2) is 35.9 Å². The van der Waals surface area contributed by atoms with Crippen molar-refractivity contribution >= 4 is 5.97 Å². The van der Waals surface area contributed by atoms with Crippen molar-refractivity contribution < 1.29 is 14.6 Å². The number of nitrogens with one attached hydrogen (secondary N) is 1. The molecule has 0 radical (unpaired) electrons. The fraction of sp³-hybridized carbons (Fsp3) is 0.923. The number of carbonyl (C=O) groups excluding carboxylic acids is 1. The van der Waals surface area contributed by atoms with E-state index in [4.69, 9.17) is 4.74 Å². The third kappa shape index (κ3) is 5.50. The lowest BCUT2D eigenvalue weighted by Crippen LogP contribution is -2.44. The zero-order valence-electron chi connectivity index (χ0n) is 10.9. The van der Waals surface area contributed by atoms with Gasteiger partial charge in [0.15, 0.2) is 0 Å². The number of aliphatic hydroxyl groups is 1. The van der Waals surface area contributed by atoms with Crippen LogP contribution in [0.2, 0.25) is 0 Å². The van der Waals surface area contributed by atoms with Crippen molar-refractivity contribution in [2.75, 3.05) is 6.61 Å². The van der Waals surface area contributed by atoms with Gasteiger partial charge in [0.25, 0.3) is 0 Å². The lowest BCUT2D eigenvalue weighted by atomic mass is 10.0. The molecule has 0 aromatic carbocycles. The summed E-state index contributed by atoms with van der Waals surface area (Å²) in [5.41, 5.74) is 0. The number of ether oxygens (including phenoxy) is 1. The van der Waals surface area contributed by atoms with Crippen LogP contribution in [0.3, 0.4) is 0 Å². The first-order valence-corrected chi connectivity index (χ1v) is 6.73. The number of hydrogen-bond acceptors (Lipinski definition) is 4. The summed E-state index contributed by atoms with van der Waals surface area (Å²) in [5.74, 6) is -0.171. The Kier molecular flexibility index (Phi) is 6.52. The van der Waals surface area contributed by atoms with Gasteiger partial charge in [-0.2, -0.15) is 0 Å². The minimum Gasteiger partial charge on any atom is -0.466 e. The maximum atomic E-state index is 11.3. The molecule has 3 unspecified atom stereocenters. The molecule has 1 aliphatic rings. The molecular weight excluding hydrogens is 218 g/mol. The van der Waals surface area contributed by atoms with E-state index in [1.165, 1.54) is 6.42 Å². The van der Waals surface area contributed by atoms with E-state index in [1.54, 1.807) is 0 Å². The van der Waals surface area contributed by atoms with E-state index >= 15 is 0 Å². The number of hydrogen-bond donors (Lipinski definition) is 2. The van der Waals surface area contributed by atoms with Gasteiger partial charge < -0.3 is 15.2 Å². The highest BCUT2D eigenvalue weighted by molar-refractivity contribution is 5.70. The van der Waals surface area contributed by atoms with Crippen LogP contribution in [0.25, 0.3) is 0 Å². The van der Waals surface area contributed by atoms with Crippen LogP contribution < -0.4 is 5.32 Å². The Morgan fingerprint density at radius 2 is 2.12 bits per heavy atom. The first-order valence-electron chi connectivity index (χ1n) is 6.73. The van der Waals surface area contributed by atoms with Crippen molar-refractivity contribution in [3.8, 4) is 0 Å². The van der Waals surface area contributed by atoms with Gasteiger partial charge in [-0.05, 0) is 26.7 Å². The zero-order valence-corrected chi connectivity index (χ0v) is 10.9. The van der Waals surface area contributed by atoms with Crippen LogP contribution in [0.4, 0.5) is 0 Å². The van der Waals surface area contributed by atoms with Crippen molar-refractivity contribution in [1.29, 1.82) is 0 Å². The van der Waals surface area contributed by atoms with Gasteiger partial charge in [0.05, 0.1) is 19.1 Å². The van der Waals surface area contributed by atoms with Gasteiger partial charge in [0.1, 0.15) is 0 Å². The molecule has 4 nitrogen and oxygen atoms in total. The van der Waals surface area contributed by atoms with E-state index in [1.807, 2.05) is 13.8 Å². The molecule has 0 aromatic heterocycles. The lowest BCUT2D eigenvalue weighted by molar-refractivity contribution is -0.143. The normalized spacial score (nSPS) is 27.2. The fourth-order valence-corrected chi connectivity index (χ4v) is 2.38. The topological polar surface area (TPSA) is 58.6 Å². The molecule has 2 N–H and O–H groups in total. The summed E-state index contributed by atoms with van der Waals surface area (Å²) >= 11 is 0. The molecule has 0 heterocycles. The van der Waals surface area contributed by atoms with Crippen LogP contribution in [0.5, 0.6) is 0 Å². The second-order valence-electron chi connectivity index (χ2n) is 4.89. The van der Waals surface area contributed by atoms with E-state index in [0.29, 0.717) is 13.0 Å². The highest BCUT2D eigenvalue weighted by atomic mass is 16.5. The van der Waals surface area contributed by atoms with E-state index < -0.39 is 0 Å². The Morgan fingerprint density at radius 3 is 2.82 bits per heavy atom. The molecule has 3 atom stereocenters. The molecular formula is C13H25NO3. The second kappa shape index (κ2) is 7.67. The molecule has 0 saturated heterocycles. The average Bonchev–Trinajstić information content (AvgIpc) is 2.44. The molecule has 0 bridgehead atoms. The second-order valence-corrected chi connectivity index (χ2v) is 4.89. The van der Waals surface area contributed by atoms with Crippen molar-refractivity contribution in [1.82, 2.24) is 5.32 Å². The van der Waals surface area contributed by atoms with Gasteiger partial charge in [-0.25, -0.2) is 0 Å². The predicted molar refractivity (Wildman–Crippen MR) is 66.7 cm³/mol. The summed E-state index contributed by atoms with van der Waals surface area (Å²) in [6.07, 6.45) is 5.41. The van der Waals surface area contributed by atoms with Gasteiger partial charge in [-0.3, -0.25) is 4.79 Å². The predicted octanol–water partition coefficient (Wildman–Crippen LogP) is 1.61. The standard InChI is InChI=1S/C13H25NO3/c1-3-17-13(16)9-10(2)14-11-7-5-4-6-8-12(11)15/h10-12,14-15H,3-9H2,1-2H3. The Hall–Kier alpha value is -0.610. The van der Waals surface area contributed by atoms with Gasteiger partial charge in [0.2, 0.25) is 0 Å². The fourth-order valence-electron chi connectivity index (χ4n) is 2.38. The summed E-state index contributed by atoms with van der Waals surface area (Å²) < 4.78 is 4.91. The number of aliphatic hydroxyl groups excluding tert-OH is 1. The Labute approximate surface area is 104 Å². The van der Waals surface area contributed by atoms with Gasteiger partial charge >= 0.3 is 5.97 Å². The first-order chi connectivity index (χ1) is 8.13. The van der Waals surface area contributed by atoms with Gasteiger partial charge in [-0.1, -0.05) is 19.3 Å². The molecule has 0 amide bonds. The van der Waals surface area contributed by atoms with Gasteiger partial charge in [-0.15, -0.1) is 0 Å². The number of carbonyl (C=O) groups is 1. The molecule has 17 heavy (non-hydrogen) atoms. The summed E-state index contributed by atoms with van der Waals surface area (Å²) in [6.45, 7) is 4.21. The Bertz CT molecular complexity index is 233. The van der Waals surface area contributed by atoms with Crippen molar-refractivity contribution in [3.63, 3.8) is 0 Å². The molecule has 0 aliphatic heterocycles. The molecule has 4 heteroatoms. The quantitative estimate of drug-likeness (QED) is 0.569. The third-order valence-electron chi connectivity index (χ3n) is 3.26. The maximum Gasteiger partial charge on any atom is 0.307 e. The summed E-state index contributed by atoms with van der Waals surface area (Å²) in [7, 11) is 0. The van der Waals surface area contributed by atoms with Crippen molar-refractivity contribution in [2.45, 2.75) is 70.6 Å². The monoisotopic (exact) mass is 243 g/mol. The molecule has 0 spiro atoms. The van der Waals surface area contributed by atoms with Crippen molar-refractivity contribution in [2.24, 2.45) is 0 Å². The first kappa shape index (κ1) is 14.5. The van der Waals surface area contributed by atoms with E-state index in [2.05, 4.69) is 5.32 Å². The van der Waals surface area contributed by atoms with Crippen LogP contribution in [0.15, 0.2) is 0 Å². The summed E-state index contributed by atoms with van der Waals surface area (Å²) in [4.78, 5) is 11.3. The third-order valence-corrected chi connectivity index (χ3v) is 3.26. The van der Waals surface area contributed by atoms with Gasteiger partial charge in [0, 0.05) is 12.1 Å². The van der Waals surface area contributed by atoms with Crippen LogP contribution in [0, 0.1) is 0 Å². The number of esters is 1. The highest BCUT2D eigenvalue weighted by Gasteiger charge is 2.23. The molecule has 1 fully saturated rings. The molecule has 100 valence electrons. The van der Waals surface area contributed by atoms with Crippen LogP contribution in [-0.2, 0) is 9.53 Å². The van der Waals surface area contributed by atoms with Crippen molar-refractivity contribution in [3.05, 3.63) is 0 Å². The lowest BCUT2D eigenvalue weighted by Gasteiger charge is -2.25. The molecule has 1 rings (SSSR count). The summed E-state index contributed by atoms with van der Waals surface area (Å²) in [6, 6.07) is 0.189. The minimum absolute atomic E-state index is 0.0619. The number of rotatable bonds is 5. The molecule has 1 saturated carbocycles. The smallest absolute Gasteiger partial charge is 0.307 e. The van der Waals surface area contributed by atoms with E-state index in [9.17, 15) is 9.90 Å². The Morgan fingerprint density at radius 1 is 1.41 bits per heavy atom. The molecule has 1 aliphatic carbocycles. The SMILES string of the molecule is CCOC(=O)CC(C)NC1CCCCCC1O. The summed E-state index contributed by atoms with van der Waals surface area (Å²) in [5, 5.41) is 13.3. The van der Waals surface area contributed by atoms with Crippen LogP contribution >= 0.6 is 0 Å².